The number of likely N-dealkylation sites (N-methyl/N-ethyl adjacent to an activating group) is 1. The van der Waals surface area contributed by atoms with Crippen LogP contribution in [0.2, 0.25) is 0 Å². The lowest BCUT2D eigenvalue weighted by Gasteiger charge is -2.31. The van der Waals surface area contributed by atoms with Crippen LogP contribution in [0.1, 0.15) is 22.5 Å². The summed E-state index contributed by atoms with van der Waals surface area (Å²) < 4.78 is 0. The topological polar surface area (TPSA) is 74.5 Å². The van der Waals surface area contributed by atoms with Crippen molar-refractivity contribution in [2.24, 2.45) is 0 Å². The summed E-state index contributed by atoms with van der Waals surface area (Å²) in [5, 5.41) is 3.66. The van der Waals surface area contributed by atoms with Crippen molar-refractivity contribution in [3.8, 4) is 12.3 Å². The molecule has 0 aliphatic carbocycles. The van der Waals surface area contributed by atoms with Crippen molar-refractivity contribution < 1.29 is 4.79 Å². The zero-order chi connectivity index (χ0) is 15.2. The Labute approximate surface area is 129 Å². The lowest BCUT2D eigenvalue weighted by atomic mass is 10.3. The van der Waals surface area contributed by atoms with Crippen LogP contribution in [0.3, 0.4) is 0 Å². The van der Waals surface area contributed by atoms with Crippen LogP contribution in [-0.4, -0.2) is 55.6 Å². The number of aromatic nitrogens is 1. The van der Waals surface area contributed by atoms with E-state index in [0.717, 1.165) is 37.7 Å². The van der Waals surface area contributed by atoms with Gasteiger partial charge >= 0.3 is 0 Å². The van der Waals surface area contributed by atoms with E-state index < -0.39 is 0 Å². The summed E-state index contributed by atoms with van der Waals surface area (Å²) in [7, 11) is 2.10. The molecule has 0 aromatic carbocycles. The number of nitrogens with one attached hydrogen (secondary N) is 1. The molecule has 0 atom stereocenters. The molecule has 0 bridgehead atoms. The first-order valence-corrected chi connectivity index (χ1v) is 7.85. The number of rotatable bonds is 5. The van der Waals surface area contributed by atoms with Crippen molar-refractivity contribution >= 4 is 28.2 Å². The van der Waals surface area contributed by atoms with Gasteiger partial charge in [0.2, 0.25) is 0 Å². The van der Waals surface area contributed by atoms with Crippen LogP contribution in [0.4, 0.5) is 10.9 Å². The number of nitrogens with two attached hydrogens (primary N) is 1. The first-order valence-electron chi connectivity index (χ1n) is 7.03. The Hall–Kier alpha value is -1.78. The van der Waals surface area contributed by atoms with Gasteiger partial charge in [-0.3, -0.25) is 4.79 Å². The van der Waals surface area contributed by atoms with Crippen LogP contribution in [0.25, 0.3) is 0 Å². The zero-order valence-electron chi connectivity index (χ0n) is 12.3. The Balaban J connectivity index is 1.95. The third kappa shape index (κ3) is 4.09. The van der Waals surface area contributed by atoms with Crippen molar-refractivity contribution in [3.05, 3.63) is 4.88 Å². The Bertz CT molecular complexity index is 528. The van der Waals surface area contributed by atoms with Gasteiger partial charge in [0, 0.05) is 39.1 Å². The fourth-order valence-corrected chi connectivity index (χ4v) is 3.04. The molecule has 1 fully saturated rings. The van der Waals surface area contributed by atoms with Gasteiger partial charge in [0.05, 0.1) is 0 Å². The first-order chi connectivity index (χ1) is 10.1. The Morgan fingerprint density at radius 1 is 1.48 bits per heavy atom. The molecule has 0 radical (unpaired) electrons. The van der Waals surface area contributed by atoms with Gasteiger partial charge in [-0.2, -0.15) is 0 Å². The van der Waals surface area contributed by atoms with Crippen LogP contribution in [-0.2, 0) is 0 Å². The second kappa shape index (κ2) is 7.29. The van der Waals surface area contributed by atoms with Crippen molar-refractivity contribution in [1.29, 1.82) is 0 Å². The third-order valence-corrected chi connectivity index (χ3v) is 4.54. The van der Waals surface area contributed by atoms with Gasteiger partial charge in [0.1, 0.15) is 10.7 Å². The molecule has 1 amide bonds. The molecule has 114 valence electrons. The predicted molar refractivity (Wildman–Crippen MR) is 86.6 cm³/mol. The highest BCUT2D eigenvalue weighted by Crippen LogP contribution is 2.28. The summed E-state index contributed by atoms with van der Waals surface area (Å²) >= 11 is 1.36. The number of terminal acetylenes is 1. The summed E-state index contributed by atoms with van der Waals surface area (Å²) in [4.78, 5) is 21.4. The quantitative estimate of drug-likeness (QED) is 0.616. The highest BCUT2D eigenvalue weighted by molar-refractivity contribution is 7.18. The molecule has 1 saturated heterocycles. The Morgan fingerprint density at radius 2 is 2.19 bits per heavy atom. The van der Waals surface area contributed by atoms with Gasteiger partial charge in [-0.05, 0) is 13.5 Å². The van der Waals surface area contributed by atoms with Crippen LogP contribution < -0.4 is 16.0 Å². The largest absolute Gasteiger partial charge is 0.382 e. The first kappa shape index (κ1) is 15.6. The van der Waals surface area contributed by atoms with Crippen molar-refractivity contribution in [2.45, 2.75) is 12.8 Å². The van der Waals surface area contributed by atoms with E-state index in [-0.39, 0.29) is 5.91 Å². The molecule has 0 spiro atoms. The SMILES string of the molecule is C#CCCCNC(=O)c1sc(N2CCN(C)CC2)nc1N. The smallest absolute Gasteiger partial charge is 0.265 e. The maximum absolute atomic E-state index is 12.1. The average Bonchev–Trinajstić information content (AvgIpc) is 2.86. The number of unbranched alkanes of at least 4 members (excludes halogenated alkanes) is 1. The summed E-state index contributed by atoms with van der Waals surface area (Å²) in [5.41, 5.74) is 5.88. The van der Waals surface area contributed by atoms with Gasteiger partial charge in [-0.15, -0.1) is 12.3 Å². The van der Waals surface area contributed by atoms with E-state index in [9.17, 15) is 4.79 Å². The van der Waals surface area contributed by atoms with Crippen LogP contribution in [0.5, 0.6) is 0 Å². The molecule has 21 heavy (non-hydrogen) atoms. The van der Waals surface area contributed by atoms with Gasteiger partial charge < -0.3 is 20.9 Å². The Morgan fingerprint density at radius 3 is 2.86 bits per heavy atom. The molecule has 1 aromatic rings. The van der Waals surface area contributed by atoms with E-state index >= 15 is 0 Å². The number of hydrogen-bond donors (Lipinski definition) is 2. The normalized spacial score (nSPS) is 15.7. The lowest BCUT2D eigenvalue weighted by Crippen LogP contribution is -2.44. The highest BCUT2D eigenvalue weighted by Gasteiger charge is 2.21. The van der Waals surface area contributed by atoms with Crippen molar-refractivity contribution in [1.82, 2.24) is 15.2 Å². The van der Waals surface area contributed by atoms with E-state index in [1.807, 2.05) is 0 Å². The minimum Gasteiger partial charge on any atom is -0.382 e. The van der Waals surface area contributed by atoms with Crippen LogP contribution >= 0.6 is 11.3 Å². The van der Waals surface area contributed by atoms with Crippen molar-refractivity contribution in [2.75, 3.05) is 50.4 Å². The van der Waals surface area contributed by atoms with Gasteiger partial charge in [-0.25, -0.2) is 4.98 Å². The molecule has 1 aromatic heterocycles. The Kier molecular flexibility index (Phi) is 5.42. The predicted octanol–water partition coefficient (Wildman–Crippen LogP) is 0.620. The van der Waals surface area contributed by atoms with Gasteiger partial charge in [0.25, 0.3) is 5.91 Å². The number of nitrogen functional groups attached to an aromatic ring is 1. The molecule has 1 aliphatic rings. The van der Waals surface area contributed by atoms with Crippen LogP contribution in [0.15, 0.2) is 0 Å². The maximum Gasteiger partial charge on any atom is 0.265 e. The zero-order valence-corrected chi connectivity index (χ0v) is 13.1. The van der Waals surface area contributed by atoms with Crippen LogP contribution in [0, 0.1) is 12.3 Å². The van der Waals surface area contributed by atoms with E-state index in [4.69, 9.17) is 12.2 Å². The van der Waals surface area contributed by atoms with E-state index in [1.165, 1.54) is 11.3 Å². The second-order valence-electron chi connectivity index (χ2n) is 5.06. The maximum atomic E-state index is 12.1. The van der Waals surface area contributed by atoms with E-state index in [2.05, 4.69) is 33.1 Å². The van der Waals surface area contributed by atoms with E-state index in [0.29, 0.717) is 23.7 Å². The molecule has 0 unspecified atom stereocenters. The van der Waals surface area contributed by atoms with Crippen molar-refractivity contribution in [3.63, 3.8) is 0 Å². The highest BCUT2D eigenvalue weighted by atomic mass is 32.1. The number of thiazole rings is 1. The number of hydrogen-bond acceptors (Lipinski definition) is 6. The standard InChI is InChI=1S/C14H21N5OS/c1-3-4-5-6-16-13(20)11-12(15)17-14(21-11)19-9-7-18(2)8-10-19/h1H,4-10,15H2,2H3,(H,16,20). The number of carbonyl (C=O) groups is 1. The minimum absolute atomic E-state index is 0.164. The van der Waals surface area contributed by atoms with Gasteiger partial charge in [-0.1, -0.05) is 11.3 Å². The fourth-order valence-electron chi connectivity index (χ4n) is 2.09. The number of nitrogens with zero attached hydrogens (tertiary/aromatic N) is 3. The molecule has 1 aliphatic heterocycles. The molecule has 6 nitrogen and oxygen atoms in total. The summed E-state index contributed by atoms with van der Waals surface area (Å²) in [6.07, 6.45) is 6.60. The summed E-state index contributed by atoms with van der Waals surface area (Å²) in [6.45, 7) is 4.36. The summed E-state index contributed by atoms with van der Waals surface area (Å²) in [5.74, 6) is 2.69. The molecule has 0 saturated carbocycles. The molecule has 2 rings (SSSR count). The number of amides is 1. The second-order valence-corrected chi connectivity index (χ2v) is 6.04. The number of piperazine rings is 1. The molecular weight excluding hydrogens is 286 g/mol. The lowest BCUT2D eigenvalue weighted by molar-refractivity contribution is 0.0958. The molecule has 7 heteroatoms. The summed E-state index contributed by atoms with van der Waals surface area (Å²) in [6, 6.07) is 0. The minimum atomic E-state index is -0.164. The fraction of sp³-hybridized carbons (Fsp3) is 0.571. The number of carbonyl (C=O) groups excluding carboxylic acids is 1. The molecule has 3 N–H and O–H groups in total. The third-order valence-electron chi connectivity index (χ3n) is 3.41. The number of anilines is 2. The monoisotopic (exact) mass is 307 g/mol. The van der Waals surface area contributed by atoms with Gasteiger partial charge in [0.15, 0.2) is 5.13 Å². The van der Waals surface area contributed by atoms with E-state index in [1.54, 1.807) is 0 Å². The average molecular weight is 307 g/mol. The molecular formula is C14H21N5OS. The molecule has 2 heterocycles.